The Morgan fingerprint density at radius 2 is 1.48 bits per heavy atom. The van der Waals surface area contributed by atoms with Crippen LogP contribution in [-0.2, 0) is 19.5 Å². The average molecular weight is 413 g/mol. The molecule has 1 aliphatic rings. The van der Waals surface area contributed by atoms with Gasteiger partial charge in [-0.05, 0) is 74.0 Å². The smallest absolute Gasteiger partial charge is 0.251 e. The van der Waals surface area contributed by atoms with Crippen LogP contribution in [0.2, 0.25) is 0 Å². The van der Waals surface area contributed by atoms with Gasteiger partial charge >= 0.3 is 0 Å². The van der Waals surface area contributed by atoms with Crippen LogP contribution in [0.5, 0.6) is 0 Å². The van der Waals surface area contributed by atoms with E-state index in [2.05, 4.69) is 83.9 Å². The number of nitrogens with one attached hydrogen (secondary N) is 1. The van der Waals surface area contributed by atoms with Crippen molar-refractivity contribution in [2.45, 2.75) is 39.3 Å². The van der Waals surface area contributed by atoms with Gasteiger partial charge in [0.25, 0.3) is 5.91 Å². The molecule has 0 atom stereocenters. The molecule has 1 heterocycles. The molecule has 3 heteroatoms. The predicted molar refractivity (Wildman–Crippen MR) is 127 cm³/mol. The first-order chi connectivity index (χ1) is 15.2. The van der Waals surface area contributed by atoms with E-state index < -0.39 is 0 Å². The van der Waals surface area contributed by atoms with Crippen molar-refractivity contribution >= 4 is 5.91 Å². The first kappa shape index (κ1) is 21.3. The third-order valence-electron chi connectivity index (χ3n) is 6.27. The van der Waals surface area contributed by atoms with Gasteiger partial charge in [-0.2, -0.15) is 0 Å². The summed E-state index contributed by atoms with van der Waals surface area (Å²) < 4.78 is 0. The van der Waals surface area contributed by atoms with Crippen LogP contribution in [-0.4, -0.2) is 23.9 Å². The highest BCUT2D eigenvalue weighted by molar-refractivity contribution is 5.94. The molecule has 3 aromatic rings. The van der Waals surface area contributed by atoms with E-state index in [0.717, 1.165) is 36.7 Å². The molecule has 1 N–H and O–H groups in total. The van der Waals surface area contributed by atoms with Crippen LogP contribution in [0.3, 0.4) is 0 Å². The van der Waals surface area contributed by atoms with E-state index >= 15 is 0 Å². The van der Waals surface area contributed by atoms with Gasteiger partial charge in [0, 0.05) is 18.7 Å². The highest BCUT2D eigenvalue weighted by Gasteiger charge is 2.19. The normalized spacial score (nSPS) is 15.0. The number of likely N-dealkylation sites (tertiary alicyclic amines) is 1. The molecule has 1 saturated heterocycles. The van der Waals surface area contributed by atoms with Gasteiger partial charge < -0.3 is 5.32 Å². The molecule has 1 aliphatic heterocycles. The lowest BCUT2D eigenvalue weighted by Crippen LogP contribution is -2.33. The first-order valence-corrected chi connectivity index (χ1v) is 11.3. The number of carbonyl (C=O) groups is 1. The Kier molecular flexibility index (Phi) is 7.16. The summed E-state index contributed by atoms with van der Waals surface area (Å²) in [4.78, 5) is 15.0. The van der Waals surface area contributed by atoms with E-state index in [1.807, 2.05) is 12.1 Å². The van der Waals surface area contributed by atoms with Crippen molar-refractivity contribution in [3.8, 4) is 0 Å². The van der Waals surface area contributed by atoms with Gasteiger partial charge in [0.2, 0.25) is 0 Å². The summed E-state index contributed by atoms with van der Waals surface area (Å²) in [7, 11) is 0. The number of benzene rings is 3. The van der Waals surface area contributed by atoms with E-state index in [4.69, 9.17) is 0 Å². The molecule has 0 saturated carbocycles. The molecule has 4 rings (SSSR count). The molecule has 0 radical (unpaired) electrons. The van der Waals surface area contributed by atoms with Gasteiger partial charge in [-0.25, -0.2) is 0 Å². The van der Waals surface area contributed by atoms with Crippen molar-refractivity contribution in [2.75, 3.05) is 13.1 Å². The Bertz CT molecular complexity index is 956. The van der Waals surface area contributed by atoms with Crippen molar-refractivity contribution in [2.24, 2.45) is 5.92 Å². The number of carbonyl (C=O) groups excluding carboxylic acids is 1. The van der Waals surface area contributed by atoms with Crippen LogP contribution in [0.1, 0.15) is 45.5 Å². The minimum atomic E-state index is -0.0196. The van der Waals surface area contributed by atoms with Crippen molar-refractivity contribution in [1.82, 2.24) is 10.2 Å². The molecule has 0 aromatic heterocycles. The summed E-state index contributed by atoms with van der Waals surface area (Å²) in [5.41, 5.74) is 5.79. The maximum absolute atomic E-state index is 12.5. The second kappa shape index (κ2) is 10.4. The van der Waals surface area contributed by atoms with Gasteiger partial charge in [0.15, 0.2) is 0 Å². The van der Waals surface area contributed by atoms with Crippen molar-refractivity contribution in [3.63, 3.8) is 0 Å². The zero-order chi connectivity index (χ0) is 21.5. The van der Waals surface area contributed by atoms with E-state index in [1.54, 1.807) is 0 Å². The van der Waals surface area contributed by atoms with Crippen LogP contribution in [0.15, 0.2) is 78.9 Å². The summed E-state index contributed by atoms with van der Waals surface area (Å²) in [5, 5.41) is 3.01. The highest BCUT2D eigenvalue weighted by atomic mass is 16.1. The van der Waals surface area contributed by atoms with Crippen LogP contribution < -0.4 is 5.32 Å². The van der Waals surface area contributed by atoms with Crippen LogP contribution in [0.25, 0.3) is 0 Å². The zero-order valence-corrected chi connectivity index (χ0v) is 18.4. The Hall–Kier alpha value is -2.91. The Labute approximate surface area is 186 Å². The standard InChI is InChI=1S/C28H32N2O/c1-22-7-9-25(10-8-22)20-29-28(31)27-13-11-26(12-14-27)21-30-17-15-24(16-18-30)19-23-5-3-2-4-6-23/h2-14,24H,15-21H2,1H3,(H,29,31). The Balaban J connectivity index is 1.22. The minimum absolute atomic E-state index is 0.0196. The lowest BCUT2D eigenvalue weighted by molar-refractivity contribution is 0.0951. The number of piperidine rings is 1. The molecule has 0 aliphatic carbocycles. The molecule has 0 unspecified atom stereocenters. The molecule has 1 fully saturated rings. The van der Waals surface area contributed by atoms with E-state index in [1.165, 1.54) is 36.0 Å². The highest BCUT2D eigenvalue weighted by Crippen LogP contribution is 2.23. The third kappa shape index (κ3) is 6.28. The summed E-state index contributed by atoms with van der Waals surface area (Å²) >= 11 is 0. The molecule has 1 amide bonds. The summed E-state index contributed by atoms with van der Waals surface area (Å²) in [5.74, 6) is 0.770. The third-order valence-corrected chi connectivity index (χ3v) is 6.27. The number of aryl methyl sites for hydroxylation is 1. The topological polar surface area (TPSA) is 32.3 Å². The van der Waals surface area contributed by atoms with Gasteiger partial charge in [-0.15, -0.1) is 0 Å². The van der Waals surface area contributed by atoms with E-state index in [-0.39, 0.29) is 5.91 Å². The molecular weight excluding hydrogens is 380 g/mol. The van der Waals surface area contributed by atoms with Crippen molar-refractivity contribution < 1.29 is 4.79 Å². The average Bonchev–Trinajstić information content (AvgIpc) is 2.81. The lowest BCUT2D eigenvalue weighted by atomic mass is 9.90. The lowest BCUT2D eigenvalue weighted by Gasteiger charge is -2.32. The second-order valence-electron chi connectivity index (χ2n) is 8.77. The molecule has 0 bridgehead atoms. The Morgan fingerprint density at radius 1 is 0.839 bits per heavy atom. The molecule has 0 spiro atoms. The maximum Gasteiger partial charge on any atom is 0.251 e. The monoisotopic (exact) mass is 412 g/mol. The quantitative estimate of drug-likeness (QED) is 0.565. The number of hydrogen-bond donors (Lipinski definition) is 1. The van der Waals surface area contributed by atoms with Crippen LogP contribution >= 0.6 is 0 Å². The second-order valence-corrected chi connectivity index (χ2v) is 8.77. The predicted octanol–water partition coefficient (Wildman–Crippen LogP) is 5.38. The molecule has 3 nitrogen and oxygen atoms in total. The summed E-state index contributed by atoms with van der Waals surface area (Å²) in [6, 6.07) is 27.2. The first-order valence-electron chi connectivity index (χ1n) is 11.3. The molecular formula is C28H32N2O. The van der Waals surface area contributed by atoms with Gasteiger partial charge in [0.05, 0.1) is 0 Å². The number of amides is 1. The number of rotatable bonds is 7. The van der Waals surface area contributed by atoms with Crippen molar-refractivity contribution in [3.05, 3.63) is 107 Å². The Morgan fingerprint density at radius 3 is 2.16 bits per heavy atom. The molecule has 3 aromatic carbocycles. The van der Waals surface area contributed by atoms with Crippen LogP contribution in [0, 0.1) is 12.8 Å². The van der Waals surface area contributed by atoms with E-state index in [9.17, 15) is 4.79 Å². The summed E-state index contributed by atoms with van der Waals surface area (Å²) in [6.07, 6.45) is 3.71. The van der Waals surface area contributed by atoms with Crippen molar-refractivity contribution in [1.29, 1.82) is 0 Å². The zero-order valence-electron chi connectivity index (χ0n) is 18.4. The maximum atomic E-state index is 12.5. The number of nitrogens with zero attached hydrogens (tertiary/aromatic N) is 1. The molecule has 31 heavy (non-hydrogen) atoms. The minimum Gasteiger partial charge on any atom is -0.348 e. The summed E-state index contributed by atoms with van der Waals surface area (Å²) in [6.45, 7) is 5.88. The van der Waals surface area contributed by atoms with Gasteiger partial charge in [-0.3, -0.25) is 9.69 Å². The van der Waals surface area contributed by atoms with Crippen LogP contribution in [0.4, 0.5) is 0 Å². The largest absolute Gasteiger partial charge is 0.348 e. The fourth-order valence-corrected chi connectivity index (χ4v) is 4.31. The molecule has 160 valence electrons. The fourth-order valence-electron chi connectivity index (χ4n) is 4.31. The van der Waals surface area contributed by atoms with Gasteiger partial charge in [-0.1, -0.05) is 72.3 Å². The number of hydrogen-bond acceptors (Lipinski definition) is 2. The van der Waals surface area contributed by atoms with Gasteiger partial charge in [0.1, 0.15) is 0 Å². The van der Waals surface area contributed by atoms with E-state index in [0.29, 0.717) is 6.54 Å². The fraction of sp³-hybridized carbons (Fsp3) is 0.321. The SMILES string of the molecule is Cc1ccc(CNC(=O)c2ccc(CN3CCC(Cc4ccccc4)CC3)cc2)cc1.